The average molecular weight is 204 g/mol. The van der Waals surface area contributed by atoms with Crippen LogP contribution in [0.25, 0.3) is 0 Å². The Morgan fingerprint density at radius 2 is 2.20 bits per heavy atom. The third-order valence-electron chi connectivity index (χ3n) is 2.67. The van der Waals surface area contributed by atoms with Crippen LogP contribution in [-0.2, 0) is 0 Å². The molecule has 1 unspecified atom stereocenters. The summed E-state index contributed by atoms with van der Waals surface area (Å²) in [5.74, 6) is 5.58. The largest absolute Gasteiger partial charge is 0.271 e. The Morgan fingerprint density at radius 3 is 2.80 bits per heavy atom. The summed E-state index contributed by atoms with van der Waals surface area (Å²) in [5.41, 5.74) is 5.47. The molecule has 0 aliphatic carbocycles. The van der Waals surface area contributed by atoms with Gasteiger partial charge in [0.2, 0.25) is 0 Å². The number of unbranched alkanes of at least 4 members (excludes halogenated alkanes) is 1. The lowest BCUT2D eigenvalue weighted by atomic mass is 9.97. The van der Waals surface area contributed by atoms with Gasteiger partial charge in [-0.15, -0.1) is 6.58 Å². The predicted octanol–water partition coefficient (Wildman–Crippen LogP) is 2.86. The summed E-state index contributed by atoms with van der Waals surface area (Å²) in [6.07, 6.45) is 5.16. The molecule has 0 aromatic heterocycles. The van der Waals surface area contributed by atoms with Gasteiger partial charge in [-0.25, -0.2) is 0 Å². The first kappa shape index (κ1) is 12.0. The Labute approximate surface area is 92.2 Å². The van der Waals surface area contributed by atoms with Crippen molar-refractivity contribution in [1.29, 1.82) is 0 Å². The molecule has 1 atom stereocenters. The number of rotatable bonds is 6. The zero-order valence-electron chi connectivity index (χ0n) is 9.37. The Kier molecular flexibility index (Phi) is 5.08. The van der Waals surface area contributed by atoms with Gasteiger partial charge in [0.25, 0.3) is 0 Å². The second-order valence-electron chi connectivity index (χ2n) is 3.80. The van der Waals surface area contributed by atoms with Crippen LogP contribution in [0.3, 0.4) is 0 Å². The van der Waals surface area contributed by atoms with E-state index in [1.807, 2.05) is 6.08 Å². The molecule has 0 fully saturated rings. The molecule has 0 aliphatic rings. The number of benzene rings is 1. The Bertz CT molecular complexity index is 307. The van der Waals surface area contributed by atoms with E-state index in [9.17, 15) is 0 Å². The highest BCUT2D eigenvalue weighted by molar-refractivity contribution is 5.28. The number of allylic oxidation sites excluding steroid dienone is 1. The molecule has 0 aliphatic heterocycles. The summed E-state index contributed by atoms with van der Waals surface area (Å²) < 4.78 is 0. The second-order valence-corrected chi connectivity index (χ2v) is 3.80. The maximum absolute atomic E-state index is 5.58. The number of nitrogens with one attached hydrogen (secondary N) is 1. The number of hydrogen-bond acceptors (Lipinski definition) is 2. The lowest BCUT2D eigenvalue weighted by Crippen LogP contribution is -2.28. The minimum atomic E-state index is 0.256. The summed E-state index contributed by atoms with van der Waals surface area (Å²) in [4.78, 5) is 0. The van der Waals surface area contributed by atoms with E-state index in [2.05, 4.69) is 43.2 Å². The van der Waals surface area contributed by atoms with Crippen molar-refractivity contribution in [3.05, 3.63) is 48.0 Å². The highest BCUT2D eigenvalue weighted by Gasteiger charge is 2.10. The van der Waals surface area contributed by atoms with Crippen LogP contribution in [0.5, 0.6) is 0 Å². The van der Waals surface area contributed by atoms with Crippen LogP contribution in [0.2, 0.25) is 0 Å². The van der Waals surface area contributed by atoms with Gasteiger partial charge in [-0.2, -0.15) is 0 Å². The molecule has 3 N–H and O–H groups in total. The quantitative estimate of drug-likeness (QED) is 0.323. The highest BCUT2D eigenvalue weighted by Crippen LogP contribution is 2.21. The van der Waals surface area contributed by atoms with E-state index < -0.39 is 0 Å². The molecule has 1 aromatic rings. The fourth-order valence-electron chi connectivity index (χ4n) is 1.77. The summed E-state index contributed by atoms with van der Waals surface area (Å²) >= 11 is 0. The third kappa shape index (κ3) is 3.50. The van der Waals surface area contributed by atoms with Gasteiger partial charge in [0.05, 0.1) is 0 Å². The van der Waals surface area contributed by atoms with Crippen molar-refractivity contribution in [1.82, 2.24) is 5.43 Å². The van der Waals surface area contributed by atoms with Crippen LogP contribution in [0.4, 0.5) is 0 Å². The van der Waals surface area contributed by atoms with Crippen LogP contribution >= 0.6 is 0 Å². The standard InChI is InChI=1S/C13H20N2/c1-3-4-5-10-13(15-14)12-9-7-6-8-11(12)2/h3,6-9,13,15H,1,4-5,10,14H2,2H3. The van der Waals surface area contributed by atoms with Gasteiger partial charge < -0.3 is 0 Å². The second kappa shape index (κ2) is 6.38. The van der Waals surface area contributed by atoms with Gasteiger partial charge in [0.15, 0.2) is 0 Å². The first-order valence-electron chi connectivity index (χ1n) is 5.42. The first-order valence-corrected chi connectivity index (χ1v) is 5.42. The molecule has 0 amide bonds. The monoisotopic (exact) mass is 204 g/mol. The maximum Gasteiger partial charge on any atom is 0.0462 e. The van der Waals surface area contributed by atoms with Gasteiger partial charge in [-0.05, 0) is 37.3 Å². The molecular formula is C13H20N2. The van der Waals surface area contributed by atoms with Crippen LogP contribution in [-0.4, -0.2) is 0 Å². The smallest absolute Gasteiger partial charge is 0.0462 e. The molecule has 2 nitrogen and oxygen atoms in total. The van der Waals surface area contributed by atoms with Crippen LogP contribution < -0.4 is 11.3 Å². The predicted molar refractivity (Wildman–Crippen MR) is 65.3 cm³/mol. The SMILES string of the molecule is C=CCCCC(NN)c1ccccc1C. The molecule has 0 saturated carbocycles. The lowest BCUT2D eigenvalue weighted by Gasteiger charge is -2.18. The van der Waals surface area contributed by atoms with Gasteiger partial charge in [-0.3, -0.25) is 11.3 Å². The Balaban J connectivity index is 2.65. The minimum absolute atomic E-state index is 0.256. The van der Waals surface area contributed by atoms with Crippen LogP contribution in [0.1, 0.15) is 36.4 Å². The van der Waals surface area contributed by atoms with E-state index in [0.29, 0.717) is 0 Å². The van der Waals surface area contributed by atoms with E-state index >= 15 is 0 Å². The third-order valence-corrected chi connectivity index (χ3v) is 2.67. The van der Waals surface area contributed by atoms with E-state index in [0.717, 1.165) is 19.3 Å². The molecule has 0 heterocycles. The molecular weight excluding hydrogens is 184 g/mol. The van der Waals surface area contributed by atoms with Crippen LogP contribution in [0, 0.1) is 6.92 Å². The number of hydrazine groups is 1. The van der Waals surface area contributed by atoms with Crippen LogP contribution in [0.15, 0.2) is 36.9 Å². The van der Waals surface area contributed by atoms with E-state index in [4.69, 9.17) is 5.84 Å². The topological polar surface area (TPSA) is 38.0 Å². The lowest BCUT2D eigenvalue weighted by molar-refractivity contribution is 0.499. The van der Waals surface area contributed by atoms with Crippen molar-refractivity contribution >= 4 is 0 Å². The highest BCUT2D eigenvalue weighted by atomic mass is 15.2. The molecule has 0 bridgehead atoms. The first-order chi connectivity index (χ1) is 7.29. The van der Waals surface area contributed by atoms with Crippen molar-refractivity contribution < 1.29 is 0 Å². The zero-order valence-corrected chi connectivity index (χ0v) is 9.37. The summed E-state index contributed by atoms with van der Waals surface area (Å²) in [5, 5.41) is 0. The molecule has 2 heteroatoms. The number of hydrogen-bond donors (Lipinski definition) is 2. The van der Waals surface area contributed by atoms with Crippen molar-refractivity contribution in [3.8, 4) is 0 Å². The summed E-state index contributed by atoms with van der Waals surface area (Å²) in [6.45, 7) is 5.84. The minimum Gasteiger partial charge on any atom is -0.271 e. The molecule has 0 spiro atoms. The maximum atomic E-state index is 5.58. The fourth-order valence-corrected chi connectivity index (χ4v) is 1.77. The van der Waals surface area contributed by atoms with Gasteiger partial charge in [-0.1, -0.05) is 30.3 Å². The molecule has 0 radical (unpaired) electrons. The van der Waals surface area contributed by atoms with Crippen molar-refractivity contribution in [2.75, 3.05) is 0 Å². The fraction of sp³-hybridized carbons (Fsp3) is 0.385. The van der Waals surface area contributed by atoms with E-state index in [-0.39, 0.29) is 6.04 Å². The van der Waals surface area contributed by atoms with Gasteiger partial charge in [0.1, 0.15) is 0 Å². The molecule has 0 saturated heterocycles. The van der Waals surface area contributed by atoms with Crippen molar-refractivity contribution in [2.45, 2.75) is 32.2 Å². The zero-order chi connectivity index (χ0) is 11.1. The number of aryl methyl sites for hydroxylation is 1. The molecule has 82 valence electrons. The Hall–Kier alpha value is -1.12. The van der Waals surface area contributed by atoms with E-state index in [1.54, 1.807) is 0 Å². The molecule has 1 aromatic carbocycles. The van der Waals surface area contributed by atoms with Crippen molar-refractivity contribution in [3.63, 3.8) is 0 Å². The Morgan fingerprint density at radius 1 is 1.47 bits per heavy atom. The molecule has 15 heavy (non-hydrogen) atoms. The molecule has 1 rings (SSSR count). The number of nitrogens with two attached hydrogens (primary N) is 1. The van der Waals surface area contributed by atoms with Gasteiger partial charge >= 0.3 is 0 Å². The summed E-state index contributed by atoms with van der Waals surface area (Å²) in [6, 6.07) is 8.61. The van der Waals surface area contributed by atoms with Crippen molar-refractivity contribution in [2.24, 2.45) is 5.84 Å². The van der Waals surface area contributed by atoms with E-state index in [1.165, 1.54) is 11.1 Å². The average Bonchev–Trinajstić information content (AvgIpc) is 2.26. The normalized spacial score (nSPS) is 12.4. The summed E-state index contributed by atoms with van der Waals surface area (Å²) in [7, 11) is 0. The van der Waals surface area contributed by atoms with Gasteiger partial charge in [0, 0.05) is 6.04 Å².